The molecule has 0 spiro atoms. The predicted octanol–water partition coefficient (Wildman–Crippen LogP) is 0.00182. The summed E-state index contributed by atoms with van der Waals surface area (Å²) in [6.45, 7) is 2.64. The van der Waals surface area contributed by atoms with Crippen LogP contribution in [-0.4, -0.2) is 20.9 Å². The van der Waals surface area contributed by atoms with Crippen LogP contribution >= 0.6 is 0 Å². The molecule has 0 fully saturated rings. The van der Waals surface area contributed by atoms with E-state index in [0.29, 0.717) is 12.4 Å². The van der Waals surface area contributed by atoms with Gasteiger partial charge in [-0.1, -0.05) is 0 Å². The standard InChI is InChI=1S/C7H10N4O/c1-5-6-3-8-4-11(12)7(6)9-10(5)2/h4,8H,3H2,1-2H3. The summed E-state index contributed by atoms with van der Waals surface area (Å²) < 4.78 is 2.47. The largest absolute Gasteiger partial charge is 0.740 e. The van der Waals surface area contributed by atoms with Gasteiger partial charge in [-0.15, -0.1) is 0 Å². The minimum Gasteiger partial charge on any atom is -0.740 e. The Kier molecular flexibility index (Phi) is 1.33. The van der Waals surface area contributed by atoms with E-state index in [0.717, 1.165) is 16.0 Å². The van der Waals surface area contributed by atoms with Gasteiger partial charge in [0.15, 0.2) is 6.34 Å². The number of hydrogen-bond donors (Lipinski definition) is 1. The topological polar surface area (TPSA) is 55.9 Å². The van der Waals surface area contributed by atoms with Gasteiger partial charge in [0.1, 0.15) is 0 Å². The van der Waals surface area contributed by atoms with E-state index in [-0.39, 0.29) is 0 Å². The molecule has 0 atom stereocenters. The highest BCUT2D eigenvalue weighted by Crippen LogP contribution is 2.21. The van der Waals surface area contributed by atoms with Crippen LogP contribution in [0.15, 0.2) is 0 Å². The molecule has 2 heterocycles. The lowest BCUT2D eigenvalue weighted by Gasteiger charge is -2.12. The molecule has 0 saturated heterocycles. The molecule has 5 nitrogen and oxygen atoms in total. The highest BCUT2D eigenvalue weighted by Gasteiger charge is 2.21. The number of nitrogens with zero attached hydrogens (tertiary/aromatic N) is 3. The zero-order chi connectivity index (χ0) is 8.72. The quantitative estimate of drug-likeness (QED) is 0.436. The Morgan fingerprint density at radius 2 is 2.50 bits per heavy atom. The van der Waals surface area contributed by atoms with Gasteiger partial charge in [0.2, 0.25) is 0 Å². The first-order valence-electron chi connectivity index (χ1n) is 3.75. The van der Waals surface area contributed by atoms with E-state index in [1.54, 1.807) is 4.68 Å². The maximum Gasteiger partial charge on any atom is 0.294 e. The summed E-state index contributed by atoms with van der Waals surface area (Å²) >= 11 is 0. The zero-order valence-electron chi connectivity index (χ0n) is 7.03. The number of hydrogen-bond acceptors (Lipinski definition) is 3. The lowest BCUT2D eigenvalue weighted by atomic mass is 10.2. The fraction of sp³-hybridized carbons (Fsp3) is 0.429. The molecular formula is C7H10N4O. The van der Waals surface area contributed by atoms with Gasteiger partial charge in [-0.05, 0) is 12.0 Å². The SMILES string of the molecule is Cc1c2c(nn1C)[N+]([O-])=CNC2. The van der Waals surface area contributed by atoms with Crippen LogP contribution in [0.3, 0.4) is 0 Å². The third-order valence-corrected chi connectivity index (χ3v) is 2.13. The van der Waals surface area contributed by atoms with E-state index in [9.17, 15) is 5.21 Å². The van der Waals surface area contributed by atoms with Crippen LogP contribution in [0.1, 0.15) is 11.3 Å². The normalized spacial score (nSPS) is 15.0. The van der Waals surface area contributed by atoms with Crippen molar-refractivity contribution >= 4 is 12.2 Å². The van der Waals surface area contributed by atoms with E-state index in [1.807, 2.05) is 14.0 Å². The van der Waals surface area contributed by atoms with E-state index in [1.165, 1.54) is 6.34 Å². The van der Waals surface area contributed by atoms with Gasteiger partial charge in [0, 0.05) is 7.05 Å². The van der Waals surface area contributed by atoms with Crippen LogP contribution < -0.4 is 5.32 Å². The molecule has 12 heavy (non-hydrogen) atoms. The minimum absolute atomic E-state index is 0.508. The van der Waals surface area contributed by atoms with Crippen molar-refractivity contribution in [3.05, 3.63) is 16.5 Å². The first-order valence-corrected chi connectivity index (χ1v) is 3.75. The molecule has 0 radical (unpaired) electrons. The molecule has 1 N–H and O–H groups in total. The first-order chi connectivity index (χ1) is 5.70. The first kappa shape index (κ1) is 7.15. The second-order valence-electron chi connectivity index (χ2n) is 2.85. The van der Waals surface area contributed by atoms with Crippen molar-refractivity contribution in [2.24, 2.45) is 7.05 Å². The van der Waals surface area contributed by atoms with Crippen molar-refractivity contribution < 1.29 is 4.74 Å². The van der Waals surface area contributed by atoms with Crippen molar-refractivity contribution in [3.8, 4) is 0 Å². The average Bonchev–Trinajstić information content (AvgIpc) is 2.32. The Balaban J connectivity index is 2.63. The highest BCUT2D eigenvalue weighted by molar-refractivity contribution is 5.55. The molecule has 2 rings (SSSR count). The van der Waals surface area contributed by atoms with Gasteiger partial charge in [-0.25, -0.2) is 9.42 Å². The van der Waals surface area contributed by atoms with Crippen LogP contribution in [0.5, 0.6) is 0 Å². The smallest absolute Gasteiger partial charge is 0.294 e. The molecule has 0 amide bonds. The summed E-state index contributed by atoms with van der Waals surface area (Å²) in [6, 6.07) is 0. The van der Waals surface area contributed by atoms with Gasteiger partial charge in [0.25, 0.3) is 5.82 Å². The number of fused-ring (bicyclic) bond motifs is 1. The molecule has 1 aliphatic rings. The molecule has 5 heteroatoms. The Bertz CT molecular complexity index is 353. The van der Waals surface area contributed by atoms with Crippen molar-refractivity contribution in [2.45, 2.75) is 13.5 Å². The maximum absolute atomic E-state index is 11.2. The molecule has 0 aliphatic carbocycles. The second kappa shape index (κ2) is 2.23. The fourth-order valence-corrected chi connectivity index (χ4v) is 1.31. The van der Waals surface area contributed by atoms with Crippen molar-refractivity contribution in [1.82, 2.24) is 15.1 Å². The number of aryl methyl sites for hydroxylation is 1. The Hall–Kier alpha value is -1.52. The van der Waals surface area contributed by atoms with Gasteiger partial charge >= 0.3 is 0 Å². The Morgan fingerprint density at radius 1 is 1.75 bits per heavy atom. The molecule has 1 aromatic heterocycles. The number of nitrogens with one attached hydrogen (secondary N) is 1. The van der Waals surface area contributed by atoms with Gasteiger partial charge < -0.3 is 10.5 Å². The van der Waals surface area contributed by atoms with Crippen molar-refractivity contribution in [3.63, 3.8) is 0 Å². The van der Waals surface area contributed by atoms with Crippen LogP contribution in [0.25, 0.3) is 0 Å². The van der Waals surface area contributed by atoms with Gasteiger partial charge in [-0.3, -0.25) is 0 Å². The lowest BCUT2D eigenvalue weighted by molar-refractivity contribution is -0.365. The van der Waals surface area contributed by atoms with Gasteiger partial charge in [-0.2, -0.15) is 0 Å². The third kappa shape index (κ3) is 0.792. The van der Waals surface area contributed by atoms with Crippen LogP contribution in [0.2, 0.25) is 0 Å². The van der Waals surface area contributed by atoms with Gasteiger partial charge in [0.05, 0.1) is 17.8 Å². The Labute approximate surface area is 69.9 Å². The summed E-state index contributed by atoms with van der Waals surface area (Å²) in [4.78, 5) is 0. The minimum atomic E-state index is 0.508. The number of rotatable bonds is 0. The monoisotopic (exact) mass is 166 g/mol. The van der Waals surface area contributed by atoms with E-state index < -0.39 is 0 Å². The van der Waals surface area contributed by atoms with Crippen LogP contribution in [0, 0.1) is 12.1 Å². The molecule has 1 aliphatic heterocycles. The fourth-order valence-electron chi connectivity index (χ4n) is 1.31. The summed E-state index contributed by atoms with van der Waals surface area (Å²) in [5.74, 6) is 0.508. The summed E-state index contributed by atoms with van der Waals surface area (Å²) in [6.07, 6.45) is 1.38. The summed E-state index contributed by atoms with van der Waals surface area (Å²) in [7, 11) is 1.83. The van der Waals surface area contributed by atoms with Crippen molar-refractivity contribution in [1.29, 1.82) is 0 Å². The molecule has 0 aromatic carbocycles. The molecule has 1 aromatic rings. The third-order valence-electron chi connectivity index (χ3n) is 2.13. The molecule has 64 valence electrons. The van der Waals surface area contributed by atoms with Crippen molar-refractivity contribution in [2.75, 3.05) is 0 Å². The predicted molar refractivity (Wildman–Crippen MR) is 44.1 cm³/mol. The molecular weight excluding hydrogens is 156 g/mol. The average molecular weight is 166 g/mol. The summed E-state index contributed by atoms with van der Waals surface area (Å²) in [5.41, 5.74) is 2.02. The second-order valence-corrected chi connectivity index (χ2v) is 2.85. The van der Waals surface area contributed by atoms with Crippen LogP contribution in [-0.2, 0) is 13.6 Å². The number of aromatic nitrogens is 2. The van der Waals surface area contributed by atoms with E-state index in [2.05, 4.69) is 10.4 Å². The van der Waals surface area contributed by atoms with E-state index in [4.69, 9.17) is 0 Å². The molecule has 0 unspecified atom stereocenters. The van der Waals surface area contributed by atoms with E-state index >= 15 is 0 Å². The maximum atomic E-state index is 11.2. The van der Waals surface area contributed by atoms with Crippen LogP contribution in [0.4, 0.5) is 5.82 Å². The highest BCUT2D eigenvalue weighted by atomic mass is 16.5. The molecule has 0 bridgehead atoms. The summed E-state index contributed by atoms with van der Waals surface area (Å²) in [5, 5.41) is 18.1. The molecule has 0 saturated carbocycles. The Morgan fingerprint density at radius 3 is 3.17 bits per heavy atom. The lowest BCUT2D eigenvalue weighted by Crippen LogP contribution is -2.22. The zero-order valence-corrected chi connectivity index (χ0v) is 7.03.